The predicted molar refractivity (Wildman–Crippen MR) is 258 cm³/mol. The van der Waals surface area contributed by atoms with E-state index in [0.29, 0.717) is 11.1 Å². The van der Waals surface area contributed by atoms with Gasteiger partial charge in [0.25, 0.3) is 0 Å². The Hall–Kier alpha value is -3.65. The Bertz CT molecular complexity index is 1820. The van der Waals surface area contributed by atoms with Crippen LogP contribution >= 0.6 is 47.8 Å². The molecular formula is C46H61BBr3NNaO13. The fourth-order valence-electron chi connectivity index (χ4n) is 4.36. The van der Waals surface area contributed by atoms with Gasteiger partial charge in [-0.05, 0) is 96.5 Å². The number of nitrogens with one attached hydrogen (secondary N) is 1. The molecular weight excluding hydrogens is 1050 g/mol. The fraction of sp³-hybridized carbons (Fsp3) is 0.413. The van der Waals surface area contributed by atoms with Gasteiger partial charge in [0.1, 0.15) is 12.0 Å². The first kappa shape index (κ1) is 67.9. The molecule has 14 nitrogen and oxygen atoms in total. The molecule has 0 saturated heterocycles. The number of hydrogen-bond donors (Lipinski definition) is 1. The van der Waals surface area contributed by atoms with Gasteiger partial charge in [-0.15, -0.1) is 0 Å². The van der Waals surface area contributed by atoms with Crippen LogP contribution in [-0.4, -0.2) is 103 Å². The second kappa shape index (κ2) is 44.2. The van der Waals surface area contributed by atoms with Gasteiger partial charge in [0, 0.05) is 27.4 Å². The molecule has 0 aliphatic carbocycles. The van der Waals surface area contributed by atoms with Crippen molar-refractivity contribution in [2.45, 2.75) is 68.2 Å². The molecule has 3 aromatic carbocycles. The SMILES string of the molecule is CCNCC.CCOC(=O)C(=Cc1ccccc1Br)C(=O)OCC.CCOC(=O)C(Cc1ccccc1Br)C(=O)OCC.CCOC(=O)CC(=O)OCC.O=Cc1ccccc1Br.[B].[H-].[Na+]. The van der Waals surface area contributed by atoms with E-state index in [-0.39, 0.29) is 97.5 Å². The van der Waals surface area contributed by atoms with Crippen LogP contribution in [0.1, 0.15) is 84.7 Å². The zero-order valence-electron chi connectivity index (χ0n) is 39.7. The quantitative estimate of drug-likeness (QED) is 0.0306. The van der Waals surface area contributed by atoms with Crippen LogP contribution in [0.2, 0.25) is 0 Å². The molecule has 0 aliphatic rings. The Morgan fingerprint density at radius 3 is 1.25 bits per heavy atom. The largest absolute Gasteiger partial charge is 1.00 e. The van der Waals surface area contributed by atoms with Crippen molar-refractivity contribution in [3.63, 3.8) is 0 Å². The van der Waals surface area contributed by atoms with Crippen LogP contribution < -0.4 is 34.9 Å². The molecule has 0 atom stereocenters. The molecule has 19 heteroatoms. The van der Waals surface area contributed by atoms with E-state index in [0.717, 1.165) is 38.4 Å². The van der Waals surface area contributed by atoms with Gasteiger partial charge in [-0.3, -0.25) is 24.0 Å². The van der Waals surface area contributed by atoms with Gasteiger partial charge in [-0.1, -0.05) is 116 Å². The van der Waals surface area contributed by atoms with E-state index < -0.39 is 41.7 Å². The summed E-state index contributed by atoms with van der Waals surface area (Å²) in [5.41, 5.74) is 2.15. The average molecular weight is 1110 g/mol. The maximum absolute atomic E-state index is 11.8. The molecule has 0 fully saturated rings. The van der Waals surface area contributed by atoms with Crippen molar-refractivity contribution in [2.75, 3.05) is 52.7 Å². The Morgan fingerprint density at radius 1 is 0.554 bits per heavy atom. The van der Waals surface area contributed by atoms with Crippen LogP contribution in [-0.2, 0) is 63.6 Å². The number of halogens is 3. The molecule has 0 heterocycles. The number of benzene rings is 3. The second-order valence-electron chi connectivity index (χ2n) is 11.8. The van der Waals surface area contributed by atoms with Crippen LogP contribution in [0, 0.1) is 5.92 Å². The predicted octanol–water partition coefficient (Wildman–Crippen LogP) is 5.81. The Kier molecular flexibility index (Phi) is 46.2. The topological polar surface area (TPSA) is 187 Å². The maximum Gasteiger partial charge on any atom is 1.00 e. The third-order valence-corrected chi connectivity index (χ3v) is 9.37. The summed E-state index contributed by atoms with van der Waals surface area (Å²) in [7, 11) is 0. The van der Waals surface area contributed by atoms with Crippen molar-refractivity contribution in [1.29, 1.82) is 0 Å². The average Bonchev–Trinajstić information content (AvgIpc) is 3.25. The van der Waals surface area contributed by atoms with Gasteiger partial charge in [0.05, 0.1) is 39.6 Å². The first-order valence-corrected chi connectivity index (χ1v) is 22.6. The monoisotopic (exact) mass is 1110 g/mol. The molecule has 3 radical (unpaired) electrons. The van der Waals surface area contributed by atoms with E-state index in [1.54, 1.807) is 53.7 Å². The zero-order chi connectivity index (χ0) is 48.0. The van der Waals surface area contributed by atoms with E-state index in [2.05, 4.69) is 76.4 Å². The van der Waals surface area contributed by atoms with Crippen molar-refractivity contribution in [1.82, 2.24) is 5.32 Å². The summed E-state index contributed by atoms with van der Waals surface area (Å²) >= 11 is 9.97. The normalized spacial score (nSPS) is 9.23. The molecule has 0 spiro atoms. The number of carbonyl (C=O) groups excluding carboxylic acids is 7. The van der Waals surface area contributed by atoms with E-state index in [1.165, 1.54) is 6.08 Å². The zero-order valence-corrected chi connectivity index (χ0v) is 45.5. The third-order valence-electron chi connectivity index (χ3n) is 7.15. The van der Waals surface area contributed by atoms with E-state index in [1.807, 2.05) is 60.7 Å². The van der Waals surface area contributed by atoms with Gasteiger partial charge in [0.15, 0.2) is 12.2 Å². The van der Waals surface area contributed by atoms with Crippen molar-refractivity contribution in [2.24, 2.45) is 5.92 Å². The van der Waals surface area contributed by atoms with Crippen molar-refractivity contribution < 1.29 is 93.0 Å². The van der Waals surface area contributed by atoms with Crippen LogP contribution in [0.4, 0.5) is 0 Å². The molecule has 0 aromatic heterocycles. The van der Waals surface area contributed by atoms with E-state index in [4.69, 9.17) is 18.9 Å². The minimum Gasteiger partial charge on any atom is -1.00 e. The third kappa shape index (κ3) is 32.6. The molecule has 0 bridgehead atoms. The van der Waals surface area contributed by atoms with Crippen LogP contribution in [0.3, 0.4) is 0 Å². The summed E-state index contributed by atoms with van der Waals surface area (Å²) in [5.74, 6) is -4.45. The summed E-state index contributed by atoms with van der Waals surface area (Å²) in [4.78, 5) is 78.6. The van der Waals surface area contributed by atoms with Crippen LogP contribution in [0.5, 0.6) is 0 Å². The summed E-state index contributed by atoms with van der Waals surface area (Å²) in [6.07, 6.45) is 2.25. The summed E-state index contributed by atoms with van der Waals surface area (Å²) in [6.45, 7) is 18.0. The standard InChI is InChI=1S/C14H17BrO4.C14H15BrO4.C7H5BrO.C7H12O4.C4H11N.B.Na.H/c2*1-3-18-13(16)11(14(17)19-4-2)9-10-7-5-6-8-12(10)15;8-7-4-2-1-3-6(7)5-9;1-3-10-6(8)5-7(9)11-4-2;1-3-5-4-2;;;/h5-8,11H,3-4,9H2,1-2H3;5-9H,3-4H2,1-2H3;1-5H;3-5H2,1-2H3;5H,3-4H2,1-2H3;;;/q;;;;;;+1;-1. The number of hydrogen-bond acceptors (Lipinski definition) is 14. The van der Waals surface area contributed by atoms with Crippen LogP contribution in [0.15, 0.2) is 91.8 Å². The maximum atomic E-state index is 11.8. The van der Waals surface area contributed by atoms with Gasteiger partial charge >= 0.3 is 65.4 Å². The number of ether oxygens (including phenoxy) is 6. The van der Waals surface area contributed by atoms with Crippen molar-refractivity contribution >= 4 is 104 Å². The molecule has 0 aliphatic heterocycles. The smallest absolute Gasteiger partial charge is 1.00 e. The van der Waals surface area contributed by atoms with Crippen molar-refractivity contribution in [3.05, 3.63) is 108 Å². The fourth-order valence-corrected chi connectivity index (χ4v) is 5.59. The molecule has 3 aromatic rings. The van der Waals surface area contributed by atoms with Gasteiger partial charge in [-0.25, -0.2) is 9.59 Å². The molecule has 0 saturated carbocycles. The first-order valence-electron chi connectivity index (χ1n) is 20.2. The Morgan fingerprint density at radius 2 is 0.923 bits per heavy atom. The molecule has 1 N–H and O–H groups in total. The van der Waals surface area contributed by atoms with E-state index in [9.17, 15) is 33.6 Å². The Labute approximate surface area is 434 Å². The molecule has 0 unspecified atom stereocenters. The number of carbonyl (C=O) groups is 7. The summed E-state index contributed by atoms with van der Waals surface area (Å²) < 4.78 is 31.1. The summed E-state index contributed by atoms with van der Waals surface area (Å²) in [6, 6.07) is 22.0. The number of esters is 6. The van der Waals surface area contributed by atoms with Crippen LogP contribution in [0.25, 0.3) is 6.08 Å². The van der Waals surface area contributed by atoms with Gasteiger partial charge < -0.3 is 35.2 Å². The molecule has 353 valence electrons. The molecule has 65 heavy (non-hydrogen) atoms. The second-order valence-corrected chi connectivity index (χ2v) is 14.3. The molecule has 0 amide bonds. The number of aldehydes is 1. The van der Waals surface area contributed by atoms with Gasteiger partial charge in [-0.2, -0.15) is 0 Å². The first-order chi connectivity index (χ1) is 30.2. The van der Waals surface area contributed by atoms with Crippen molar-refractivity contribution in [3.8, 4) is 0 Å². The minimum absolute atomic E-state index is 0. The molecule has 3 rings (SSSR count). The van der Waals surface area contributed by atoms with Gasteiger partial charge in [0.2, 0.25) is 0 Å². The number of rotatable bonds is 18. The van der Waals surface area contributed by atoms with E-state index >= 15 is 0 Å². The minimum atomic E-state index is -0.918. The summed E-state index contributed by atoms with van der Waals surface area (Å²) in [5, 5.41) is 3.11. The Balaban J connectivity index is -0.000000247.